The molecule has 0 fully saturated rings. The van der Waals surface area contributed by atoms with E-state index < -0.39 is 30.4 Å². The van der Waals surface area contributed by atoms with Crippen molar-refractivity contribution < 1.29 is 27.9 Å². The Balaban J connectivity index is 2.85. The van der Waals surface area contributed by atoms with Gasteiger partial charge < -0.3 is 15.4 Å². The van der Waals surface area contributed by atoms with Gasteiger partial charge in [0.1, 0.15) is 6.54 Å². The van der Waals surface area contributed by atoms with Gasteiger partial charge in [0, 0.05) is 0 Å². The molecule has 3 N–H and O–H groups in total. The van der Waals surface area contributed by atoms with E-state index in [-0.39, 0.29) is 16.6 Å². The first-order chi connectivity index (χ1) is 9.21. The molecule has 2 rings (SSSR count). The third-order valence-corrected chi connectivity index (χ3v) is 2.56. The molecule has 106 valence electrons. The van der Waals surface area contributed by atoms with Crippen LogP contribution in [-0.2, 0) is 17.5 Å². The molecule has 0 aliphatic carbocycles. The van der Waals surface area contributed by atoms with E-state index in [4.69, 9.17) is 10.8 Å². The Bertz CT molecular complexity index is 706. The highest BCUT2D eigenvalue weighted by Crippen LogP contribution is 2.32. The molecule has 0 aliphatic rings. The van der Waals surface area contributed by atoms with Crippen LogP contribution in [-0.4, -0.2) is 26.5 Å². The first-order valence-corrected chi connectivity index (χ1v) is 5.30. The van der Waals surface area contributed by atoms with Gasteiger partial charge in [-0.15, -0.1) is 0 Å². The summed E-state index contributed by atoms with van der Waals surface area (Å²) in [4.78, 5) is 25.3. The normalized spacial score (nSPS) is 11.8. The number of hydrogen-bond acceptors (Lipinski definition) is 3. The lowest BCUT2D eigenvalue weighted by Crippen LogP contribution is -2.24. The van der Waals surface area contributed by atoms with E-state index >= 15 is 0 Å². The third kappa shape index (κ3) is 2.29. The van der Waals surface area contributed by atoms with Gasteiger partial charge in [-0.3, -0.25) is 4.79 Å². The molecule has 0 saturated heterocycles. The Morgan fingerprint density at radius 1 is 1.35 bits per heavy atom. The monoisotopic (exact) mass is 287 g/mol. The van der Waals surface area contributed by atoms with Crippen LogP contribution in [0.4, 0.5) is 13.2 Å². The summed E-state index contributed by atoms with van der Waals surface area (Å²) in [7, 11) is 0. The summed E-state index contributed by atoms with van der Waals surface area (Å²) in [5.41, 5.74) is 4.07. The number of fused-ring (bicyclic) bond motifs is 1. The summed E-state index contributed by atoms with van der Waals surface area (Å²) in [5.74, 6) is -3.81. The standard InChI is InChI=1S/C11H8F3N3O3/c12-11(13,14)10-16-6-3-1-2-5(9(19)20)8(6)17(10)4-7(15)18/h1-3H,4H2,(H2,15,18)(H,19,20). The van der Waals surface area contributed by atoms with Crippen molar-refractivity contribution in [2.45, 2.75) is 12.7 Å². The number of carbonyl (C=O) groups excluding carboxylic acids is 1. The second kappa shape index (κ2) is 4.51. The molecule has 20 heavy (non-hydrogen) atoms. The largest absolute Gasteiger partial charge is 0.478 e. The number of nitrogens with zero attached hydrogens (tertiary/aromatic N) is 2. The molecule has 0 unspecified atom stereocenters. The molecule has 2 aromatic rings. The number of aromatic carboxylic acids is 1. The van der Waals surface area contributed by atoms with Crippen molar-refractivity contribution in [2.75, 3.05) is 0 Å². The highest BCUT2D eigenvalue weighted by Gasteiger charge is 2.38. The van der Waals surface area contributed by atoms with Crippen LogP contribution < -0.4 is 5.73 Å². The number of alkyl halides is 3. The number of carboxylic acid groups (broad SMARTS) is 1. The molecule has 6 nitrogen and oxygen atoms in total. The van der Waals surface area contributed by atoms with Gasteiger partial charge in [0.05, 0.1) is 16.6 Å². The van der Waals surface area contributed by atoms with E-state index in [1.165, 1.54) is 12.1 Å². The van der Waals surface area contributed by atoms with Crippen LogP contribution in [0.25, 0.3) is 11.0 Å². The summed E-state index contributed by atoms with van der Waals surface area (Å²) >= 11 is 0. The number of carboxylic acids is 1. The maximum atomic E-state index is 12.9. The molecule has 0 aliphatic heterocycles. The number of rotatable bonds is 3. The van der Waals surface area contributed by atoms with Crippen molar-refractivity contribution in [3.05, 3.63) is 29.6 Å². The summed E-state index contributed by atoms with van der Waals surface area (Å²) in [5, 5.41) is 9.01. The van der Waals surface area contributed by atoms with E-state index in [9.17, 15) is 22.8 Å². The number of nitrogens with two attached hydrogens (primary N) is 1. The Hall–Kier alpha value is -2.58. The average molecular weight is 287 g/mol. The van der Waals surface area contributed by atoms with Gasteiger partial charge in [0.2, 0.25) is 11.7 Å². The molecule has 0 saturated carbocycles. The van der Waals surface area contributed by atoms with Gasteiger partial charge in [-0.25, -0.2) is 9.78 Å². The number of carbonyl (C=O) groups is 2. The highest BCUT2D eigenvalue weighted by atomic mass is 19.4. The van der Waals surface area contributed by atoms with Gasteiger partial charge in [-0.2, -0.15) is 13.2 Å². The van der Waals surface area contributed by atoms with Crippen LogP contribution in [0, 0.1) is 0 Å². The number of benzene rings is 1. The molecule has 0 spiro atoms. The molecule has 0 atom stereocenters. The fourth-order valence-corrected chi connectivity index (χ4v) is 1.88. The number of para-hydroxylation sites is 1. The number of hydrogen-bond donors (Lipinski definition) is 2. The second-order valence-electron chi connectivity index (χ2n) is 3.96. The number of halogens is 3. The van der Waals surface area contributed by atoms with Crippen molar-refractivity contribution in [1.29, 1.82) is 0 Å². The van der Waals surface area contributed by atoms with Crippen molar-refractivity contribution in [3.8, 4) is 0 Å². The SMILES string of the molecule is NC(=O)Cn1c(C(F)(F)F)nc2cccc(C(=O)O)c21. The lowest BCUT2D eigenvalue weighted by atomic mass is 10.2. The minimum atomic E-state index is -4.83. The van der Waals surface area contributed by atoms with E-state index in [1.807, 2.05) is 0 Å². The smallest absolute Gasteiger partial charge is 0.449 e. The summed E-state index contributed by atoms with van der Waals surface area (Å²) < 4.78 is 39.1. The van der Waals surface area contributed by atoms with Gasteiger partial charge in [-0.05, 0) is 12.1 Å². The van der Waals surface area contributed by atoms with Crippen molar-refractivity contribution >= 4 is 22.9 Å². The van der Waals surface area contributed by atoms with Crippen LogP contribution in [0.3, 0.4) is 0 Å². The van der Waals surface area contributed by atoms with Crippen molar-refractivity contribution in [3.63, 3.8) is 0 Å². The fourth-order valence-electron chi connectivity index (χ4n) is 1.88. The Kier molecular flexibility index (Phi) is 3.12. The maximum Gasteiger partial charge on any atom is 0.449 e. The third-order valence-electron chi connectivity index (χ3n) is 2.56. The Labute approximate surface area is 109 Å². The molecule has 0 radical (unpaired) electrons. The van der Waals surface area contributed by atoms with Gasteiger partial charge in [0.15, 0.2) is 0 Å². The molecule has 1 heterocycles. The van der Waals surface area contributed by atoms with Gasteiger partial charge in [0.25, 0.3) is 0 Å². The second-order valence-corrected chi connectivity index (χ2v) is 3.96. The molecule has 9 heteroatoms. The first-order valence-electron chi connectivity index (χ1n) is 5.30. The zero-order chi connectivity index (χ0) is 15.1. The van der Waals surface area contributed by atoms with E-state index in [0.29, 0.717) is 4.57 Å². The number of imidazole rings is 1. The highest BCUT2D eigenvalue weighted by molar-refractivity contribution is 6.01. The minimum absolute atomic E-state index is 0.168. The molecule has 0 bridgehead atoms. The lowest BCUT2D eigenvalue weighted by Gasteiger charge is -2.10. The predicted octanol–water partition coefficient (Wildman–Crippen LogP) is 1.24. The van der Waals surface area contributed by atoms with Crippen molar-refractivity contribution in [2.24, 2.45) is 5.73 Å². The van der Waals surface area contributed by atoms with Crippen LogP contribution in [0.2, 0.25) is 0 Å². The zero-order valence-corrected chi connectivity index (χ0v) is 9.81. The molecular weight excluding hydrogens is 279 g/mol. The maximum absolute atomic E-state index is 12.9. The quantitative estimate of drug-likeness (QED) is 0.887. The number of primary amides is 1. The lowest BCUT2D eigenvalue weighted by molar-refractivity contribution is -0.147. The van der Waals surface area contributed by atoms with E-state index in [0.717, 1.165) is 6.07 Å². The van der Waals surface area contributed by atoms with Crippen LogP contribution >= 0.6 is 0 Å². The Morgan fingerprint density at radius 2 is 2.00 bits per heavy atom. The minimum Gasteiger partial charge on any atom is -0.478 e. The molecule has 1 aromatic heterocycles. The summed E-state index contributed by atoms with van der Waals surface area (Å²) in [6.45, 7) is -0.810. The first kappa shape index (κ1) is 13.8. The topological polar surface area (TPSA) is 98.2 Å². The predicted molar refractivity (Wildman–Crippen MR) is 60.9 cm³/mol. The van der Waals surface area contributed by atoms with E-state index in [2.05, 4.69) is 4.98 Å². The Morgan fingerprint density at radius 3 is 2.50 bits per heavy atom. The average Bonchev–Trinajstić information content (AvgIpc) is 2.67. The van der Waals surface area contributed by atoms with Crippen LogP contribution in [0.15, 0.2) is 18.2 Å². The molecular formula is C11H8F3N3O3. The number of aromatic nitrogens is 2. The van der Waals surface area contributed by atoms with Crippen molar-refractivity contribution in [1.82, 2.24) is 9.55 Å². The molecule has 1 aromatic carbocycles. The van der Waals surface area contributed by atoms with E-state index in [1.54, 1.807) is 0 Å². The van der Waals surface area contributed by atoms with Gasteiger partial charge >= 0.3 is 12.1 Å². The van der Waals surface area contributed by atoms with Crippen LogP contribution in [0.1, 0.15) is 16.2 Å². The number of amides is 1. The summed E-state index contributed by atoms with van der Waals surface area (Å²) in [6.07, 6.45) is -4.83. The summed E-state index contributed by atoms with van der Waals surface area (Å²) in [6, 6.07) is 3.63. The molecule has 1 amide bonds. The fraction of sp³-hybridized carbons (Fsp3) is 0.182. The zero-order valence-electron chi connectivity index (χ0n) is 9.81. The van der Waals surface area contributed by atoms with Gasteiger partial charge in [-0.1, -0.05) is 6.07 Å². The van der Waals surface area contributed by atoms with Crippen LogP contribution in [0.5, 0.6) is 0 Å².